The predicted molar refractivity (Wildman–Crippen MR) is 202 cm³/mol. The van der Waals surface area contributed by atoms with Crippen molar-refractivity contribution in [3.8, 4) is 23.0 Å². The maximum atomic E-state index is 15.4. The maximum absolute atomic E-state index is 15.4. The molecule has 0 radical (unpaired) electrons. The lowest BCUT2D eigenvalue weighted by atomic mass is 10.0. The van der Waals surface area contributed by atoms with Crippen molar-refractivity contribution in [3.63, 3.8) is 0 Å². The number of methoxy groups -OCH3 is 1. The molecule has 1 aromatic heterocycles. The van der Waals surface area contributed by atoms with Crippen LogP contribution in [0.1, 0.15) is 40.0 Å². The van der Waals surface area contributed by atoms with Crippen LogP contribution in [0.5, 0.6) is 23.0 Å². The van der Waals surface area contributed by atoms with E-state index in [2.05, 4.69) is 15.6 Å². The van der Waals surface area contributed by atoms with Crippen LogP contribution in [0.25, 0.3) is 10.9 Å². The number of ether oxygens (including phenoxy) is 3. The number of sulfonamides is 1. The molecule has 3 aromatic carbocycles. The van der Waals surface area contributed by atoms with Crippen LogP contribution < -0.4 is 24.8 Å². The van der Waals surface area contributed by atoms with Gasteiger partial charge in [-0.2, -0.15) is 4.31 Å². The van der Waals surface area contributed by atoms with Crippen LogP contribution in [-0.4, -0.2) is 75.0 Å². The molecule has 55 heavy (non-hydrogen) atoms. The molecule has 0 unspecified atom stereocenters. The highest BCUT2D eigenvalue weighted by atomic mass is 32.2. The van der Waals surface area contributed by atoms with Crippen molar-refractivity contribution < 1.29 is 54.6 Å². The molecule has 0 atom stereocenters. The highest BCUT2D eigenvalue weighted by molar-refractivity contribution is 7.89. The number of hydrogen-bond donors (Lipinski definition) is 2. The molecule has 2 amide bonds. The summed E-state index contributed by atoms with van der Waals surface area (Å²) in [5.41, 5.74) is -0.436. The van der Waals surface area contributed by atoms with Gasteiger partial charge in [0.1, 0.15) is 23.3 Å². The molecule has 1 aliphatic rings. The number of nitrogens with one attached hydrogen (secondary N) is 2. The van der Waals surface area contributed by atoms with Gasteiger partial charge in [0.25, 0.3) is 0 Å². The highest BCUT2D eigenvalue weighted by Gasteiger charge is 2.56. The Balaban J connectivity index is 1.24. The number of rotatable bonds is 20. The van der Waals surface area contributed by atoms with Crippen molar-refractivity contribution in [2.45, 2.75) is 40.0 Å². The predicted octanol–water partition coefficient (Wildman–Crippen LogP) is 7.32. The number of aromatic nitrogens is 1. The molecule has 0 spiro atoms. The van der Waals surface area contributed by atoms with E-state index in [0.717, 1.165) is 10.4 Å². The fraction of sp³-hybridized carbons (Fsp3) is 0.378. The molecule has 14 nitrogen and oxygen atoms in total. The Morgan fingerprint density at radius 1 is 0.873 bits per heavy atom. The Hall–Kier alpha value is -4.67. The normalized spacial score (nSPS) is 13.7. The number of hydrogen-bond acceptors (Lipinski definition) is 11. The molecule has 1 heterocycles. The van der Waals surface area contributed by atoms with Crippen LogP contribution in [0.15, 0.2) is 66.9 Å². The van der Waals surface area contributed by atoms with E-state index in [1.54, 1.807) is 32.0 Å². The molecule has 0 saturated heterocycles. The Morgan fingerprint density at radius 3 is 2.13 bits per heavy atom. The molecule has 1 fully saturated rings. The van der Waals surface area contributed by atoms with Crippen LogP contribution in [-0.2, 0) is 33.2 Å². The van der Waals surface area contributed by atoms with Crippen LogP contribution in [0.4, 0.5) is 20.2 Å². The van der Waals surface area contributed by atoms with E-state index in [1.807, 2.05) is 0 Å². The number of anilines is 2. The second-order valence-electron chi connectivity index (χ2n) is 12.4. The number of fused-ring (bicyclic) bond motifs is 1. The summed E-state index contributed by atoms with van der Waals surface area (Å²) in [6, 6.07) is 13.8. The third-order valence-corrected chi connectivity index (χ3v) is 12.7. The molecular formula is C37H43F2N4O10PS. The fourth-order valence-corrected chi connectivity index (χ4v) is 9.05. The number of nitrogens with zero attached hydrogens (tertiary/aromatic N) is 2. The lowest BCUT2D eigenvalue weighted by Crippen LogP contribution is -2.35. The van der Waals surface area contributed by atoms with Crippen LogP contribution in [0.2, 0.25) is 0 Å². The van der Waals surface area contributed by atoms with Gasteiger partial charge in [-0.25, -0.2) is 17.2 Å². The third kappa shape index (κ3) is 10.2. The van der Waals surface area contributed by atoms with E-state index in [9.17, 15) is 27.0 Å². The van der Waals surface area contributed by atoms with E-state index in [4.69, 9.17) is 23.3 Å². The first-order valence-corrected chi connectivity index (χ1v) is 20.9. The van der Waals surface area contributed by atoms with Gasteiger partial charge in [0.15, 0.2) is 23.1 Å². The quantitative estimate of drug-likeness (QED) is 0.0521. The van der Waals surface area contributed by atoms with Gasteiger partial charge in [0.05, 0.1) is 38.2 Å². The summed E-state index contributed by atoms with van der Waals surface area (Å²) < 4.78 is 96.5. The van der Waals surface area contributed by atoms with Crippen molar-refractivity contribution in [2.75, 3.05) is 56.1 Å². The average Bonchev–Trinajstić information content (AvgIpc) is 3.97. The summed E-state index contributed by atoms with van der Waals surface area (Å²) in [5.74, 6) is -1.87. The van der Waals surface area contributed by atoms with Crippen LogP contribution >= 0.6 is 7.60 Å². The lowest BCUT2D eigenvalue weighted by molar-refractivity contribution is -0.131. The second kappa shape index (κ2) is 17.9. The van der Waals surface area contributed by atoms with E-state index in [-0.39, 0.29) is 55.7 Å². The van der Waals surface area contributed by atoms with Gasteiger partial charge < -0.3 is 33.9 Å². The monoisotopic (exact) mass is 804 g/mol. The summed E-state index contributed by atoms with van der Waals surface area (Å²) in [5, 5.41) is 5.70. The topological polar surface area (TPSA) is 172 Å². The smallest absolute Gasteiger partial charge is 0.345 e. The number of halogens is 2. The molecule has 1 saturated carbocycles. The minimum Gasteiger partial charge on any atom is -0.493 e. The van der Waals surface area contributed by atoms with Crippen molar-refractivity contribution >= 4 is 51.7 Å². The van der Waals surface area contributed by atoms with E-state index in [1.165, 1.54) is 56.6 Å². The first-order valence-electron chi connectivity index (χ1n) is 17.6. The largest absolute Gasteiger partial charge is 0.493 e. The lowest BCUT2D eigenvalue weighted by Gasteiger charge is -2.26. The van der Waals surface area contributed by atoms with Crippen LogP contribution in [0, 0.1) is 17.0 Å². The first-order chi connectivity index (χ1) is 26.3. The second-order valence-corrected chi connectivity index (χ2v) is 16.7. The number of amides is 2. The molecule has 0 aliphatic heterocycles. The summed E-state index contributed by atoms with van der Waals surface area (Å²) in [4.78, 5) is 30.4. The minimum absolute atomic E-state index is 0.00575. The van der Waals surface area contributed by atoms with Gasteiger partial charge in [-0.3, -0.25) is 19.1 Å². The molecule has 2 N–H and O–H groups in total. The van der Waals surface area contributed by atoms with Crippen LogP contribution in [0.3, 0.4) is 0 Å². The number of carbonyl (C=O) groups excluding carboxylic acids is 2. The minimum atomic E-state index is -3.75. The van der Waals surface area contributed by atoms with E-state index < -0.39 is 52.8 Å². The van der Waals surface area contributed by atoms with Crippen molar-refractivity contribution in [2.24, 2.45) is 5.41 Å². The van der Waals surface area contributed by atoms with Gasteiger partial charge in [-0.1, -0.05) is 0 Å². The summed E-state index contributed by atoms with van der Waals surface area (Å²) >= 11 is 0. The zero-order valence-electron chi connectivity index (χ0n) is 30.8. The Labute approximate surface area is 318 Å². The Bertz CT molecular complexity index is 2160. The van der Waals surface area contributed by atoms with Gasteiger partial charge in [0, 0.05) is 41.6 Å². The summed E-state index contributed by atoms with van der Waals surface area (Å²) in [6.45, 7) is 5.03. The van der Waals surface area contributed by atoms with Gasteiger partial charge in [-0.05, 0) is 88.6 Å². The van der Waals surface area contributed by atoms with Crippen molar-refractivity contribution in [1.82, 2.24) is 9.29 Å². The van der Waals surface area contributed by atoms with Gasteiger partial charge >= 0.3 is 7.60 Å². The Morgan fingerprint density at radius 2 is 1.53 bits per heavy atom. The molecule has 4 aromatic rings. The van der Waals surface area contributed by atoms with Crippen molar-refractivity contribution in [3.05, 3.63) is 78.5 Å². The molecule has 18 heteroatoms. The maximum Gasteiger partial charge on any atom is 0.345 e. The number of carbonyl (C=O) groups is 2. The molecule has 1 aliphatic carbocycles. The fourth-order valence-electron chi connectivity index (χ4n) is 5.60. The zero-order valence-corrected chi connectivity index (χ0v) is 32.5. The summed E-state index contributed by atoms with van der Waals surface area (Å²) in [7, 11) is -6.00. The number of benzene rings is 3. The standard InChI is InChI=1S/C37H43F2N4O10PS/c1-5-51-54(46,52-6-2)24-43(55(47,48)7-3)19-8-20-50-34-23-30-28(22-33(34)49-4)31(15-18-40-30)53-32-14-13-27(21-29(32)39)42-36(45)37(16-17-37)35(44)41-26-11-9-25(38)10-12-26/h9-15,18,21-23H,5-8,16-17,19-20,24H2,1-4H3,(H,41,44)(H,42,45). The molecule has 296 valence electrons. The number of pyridine rings is 1. The zero-order chi connectivity index (χ0) is 39.8. The first kappa shape index (κ1) is 41.5. The van der Waals surface area contributed by atoms with E-state index >= 15 is 4.39 Å². The third-order valence-electron chi connectivity index (χ3n) is 8.67. The molecule has 0 bridgehead atoms. The van der Waals surface area contributed by atoms with E-state index in [0.29, 0.717) is 40.9 Å². The molecular weight excluding hydrogens is 761 g/mol. The van der Waals surface area contributed by atoms with Crippen molar-refractivity contribution in [1.29, 1.82) is 0 Å². The van der Waals surface area contributed by atoms with Gasteiger partial charge in [0.2, 0.25) is 21.8 Å². The SMILES string of the molecule is CCOP(=O)(CN(CCCOc1cc2nccc(Oc3ccc(NC(=O)C4(C(=O)Nc5ccc(F)cc5)CC4)cc3F)c2cc1OC)S(=O)(=O)CC)OCC. The van der Waals surface area contributed by atoms with Gasteiger partial charge in [-0.15, -0.1) is 0 Å². The average molecular weight is 805 g/mol. The highest BCUT2D eigenvalue weighted by Crippen LogP contribution is 2.49. The summed E-state index contributed by atoms with van der Waals surface area (Å²) in [6.07, 6.45) is 1.88. The molecule has 5 rings (SSSR count). The Kier molecular flexibility index (Phi) is 13.5.